The summed E-state index contributed by atoms with van der Waals surface area (Å²) in [5.74, 6) is -0.661. The summed E-state index contributed by atoms with van der Waals surface area (Å²) in [6.07, 6.45) is 2.02. The molecule has 136 valence electrons. The molecule has 0 aliphatic heterocycles. The molecule has 0 amide bonds. The maximum Gasteiger partial charge on any atom is 0.336 e. The Kier molecular flexibility index (Phi) is 6.46. The quantitative estimate of drug-likeness (QED) is 0.402. The molecule has 2 rings (SSSR count). The first-order valence-electron chi connectivity index (χ1n) is 7.82. The number of rotatable bonds is 4. The Morgan fingerprint density at radius 2 is 0.962 bits per heavy atom. The molecular formula is C20H18Cl2O4. The van der Waals surface area contributed by atoms with E-state index in [1.54, 1.807) is 24.3 Å². The van der Waals surface area contributed by atoms with Crippen LogP contribution in [-0.4, -0.2) is 11.9 Å². The first-order valence-corrected chi connectivity index (χ1v) is 8.58. The van der Waals surface area contributed by atoms with Gasteiger partial charge in [-0.25, -0.2) is 9.59 Å². The van der Waals surface area contributed by atoms with Crippen molar-refractivity contribution in [2.45, 2.75) is 27.7 Å². The predicted octanol–water partition coefficient (Wildman–Crippen LogP) is 5.29. The van der Waals surface area contributed by atoms with Crippen LogP contribution in [0.1, 0.15) is 22.3 Å². The van der Waals surface area contributed by atoms with E-state index in [1.807, 2.05) is 27.7 Å². The highest BCUT2D eigenvalue weighted by Crippen LogP contribution is 2.27. The first-order chi connectivity index (χ1) is 12.2. The summed E-state index contributed by atoms with van der Waals surface area (Å²) in [7, 11) is 0. The van der Waals surface area contributed by atoms with Crippen LogP contribution in [0.15, 0.2) is 36.4 Å². The lowest BCUT2D eigenvalue weighted by molar-refractivity contribution is -0.131. The van der Waals surface area contributed by atoms with Gasteiger partial charge >= 0.3 is 11.9 Å². The number of ether oxygens (including phenoxy) is 2. The fourth-order valence-corrected chi connectivity index (χ4v) is 2.58. The van der Waals surface area contributed by atoms with Gasteiger partial charge < -0.3 is 9.47 Å². The van der Waals surface area contributed by atoms with E-state index < -0.39 is 11.9 Å². The minimum Gasteiger partial charge on any atom is -0.423 e. The molecule has 6 heteroatoms. The predicted molar refractivity (Wildman–Crippen MR) is 102 cm³/mol. The van der Waals surface area contributed by atoms with Crippen molar-refractivity contribution in [3.63, 3.8) is 0 Å². The number of aryl methyl sites for hydroxylation is 4. The molecule has 0 unspecified atom stereocenters. The average molecular weight is 393 g/mol. The van der Waals surface area contributed by atoms with Crippen LogP contribution >= 0.6 is 23.2 Å². The molecule has 0 saturated carbocycles. The molecule has 26 heavy (non-hydrogen) atoms. The fraction of sp³-hybridized carbons (Fsp3) is 0.200. The van der Waals surface area contributed by atoms with Gasteiger partial charge in [0.1, 0.15) is 11.5 Å². The van der Waals surface area contributed by atoms with Crippen LogP contribution in [0.4, 0.5) is 0 Å². The molecule has 4 nitrogen and oxygen atoms in total. The standard InChI is InChI=1S/C20H18Cl2O4/c1-11-7-15(8-12(2)19(11)21)25-17(23)5-6-18(24)26-16-9-13(3)20(22)14(4)10-16/h5-10H,1-4H3/b6-5-. The number of esters is 2. The monoisotopic (exact) mass is 392 g/mol. The molecule has 0 saturated heterocycles. The Labute approximate surface area is 162 Å². The minimum absolute atomic E-state index is 0.358. The third-order valence-electron chi connectivity index (χ3n) is 3.61. The summed E-state index contributed by atoms with van der Waals surface area (Å²) in [5.41, 5.74) is 3.19. The Bertz CT molecular complexity index is 781. The summed E-state index contributed by atoms with van der Waals surface area (Å²) >= 11 is 12.1. The molecular weight excluding hydrogens is 375 g/mol. The second-order valence-electron chi connectivity index (χ2n) is 5.92. The van der Waals surface area contributed by atoms with Crippen molar-refractivity contribution >= 4 is 35.1 Å². The molecule has 0 bridgehead atoms. The second kappa shape index (κ2) is 8.39. The van der Waals surface area contributed by atoms with Gasteiger partial charge in [0, 0.05) is 22.2 Å². The average Bonchev–Trinajstić information content (AvgIpc) is 2.55. The lowest BCUT2D eigenvalue weighted by atomic mass is 10.1. The normalized spacial score (nSPS) is 10.8. The summed E-state index contributed by atoms with van der Waals surface area (Å²) in [6.45, 7) is 7.26. The van der Waals surface area contributed by atoms with Gasteiger partial charge in [0.25, 0.3) is 0 Å². The number of benzene rings is 2. The maximum atomic E-state index is 11.9. The third kappa shape index (κ3) is 5.10. The largest absolute Gasteiger partial charge is 0.423 e. The van der Waals surface area contributed by atoms with E-state index in [0.29, 0.717) is 21.5 Å². The van der Waals surface area contributed by atoms with E-state index >= 15 is 0 Å². The van der Waals surface area contributed by atoms with Crippen LogP contribution in [0.3, 0.4) is 0 Å². The van der Waals surface area contributed by atoms with E-state index in [-0.39, 0.29) is 0 Å². The van der Waals surface area contributed by atoms with E-state index in [1.165, 1.54) is 0 Å². The second-order valence-corrected chi connectivity index (χ2v) is 6.67. The van der Waals surface area contributed by atoms with E-state index in [0.717, 1.165) is 34.4 Å². The van der Waals surface area contributed by atoms with Crippen molar-refractivity contribution in [1.29, 1.82) is 0 Å². The Morgan fingerprint density at radius 3 is 1.23 bits per heavy atom. The van der Waals surface area contributed by atoms with Crippen molar-refractivity contribution in [2.24, 2.45) is 0 Å². The van der Waals surface area contributed by atoms with Crippen LogP contribution in [-0.2, 0) is 9.59 Å². The zero-order valence-corrected chi connectivity index (χ0v) is 16.4. The molecule has 2 aromatic rings. The van der Waals surface area contributed by atoms with Gasteiger partial charge in [0.2, 0.25) is 0 Å². The maximum absolute atomic E-state index is 11.9. The molecule has 0 heterocycles. The lowest BCUT2D eigenvalue weighted by Crippen LogP contribution is -2.08. The Balaban J connectivity index is 2.00. The van der Waals surface area contributed by atoms with Gasteiger partial charge in [-0.15, -0.1) is 0 Å². The van der Waals surface area contributed by atoms with E-state index in [4.69, 9.17) is 32.7 Å². The lowest BCUT2D eigenvalue weighted by Gasteiger charge is -2.07. The van der Waals surface area contributed by atoms with Gasteiger partial charge in [-0.2, -0.15) is 0 Å². The first kappa shape index (κ1) is 20.0. The molecule has 0 N–H and O–H groups in total. The van der Waals surface area contributed by atoms with Crippen molar-refractivity contribution < 1.29 is 19.1 Å². The fourth-order valence-electron chi connectivity index (χ4n) is 2.37. The topological polar surface area (TPSA) is 52.6 Å². The molecule has 0 aromatic heterocycles. The van der Waals surface area contributed by atoms with Crippen LogP contribution in [0.5, 0.6) is 11.5 Å². The van der Waals surface area contributed by atoms with Crippen LogP contribution < -0.4 is 9.47 Å². The van der Waals surface area contributed by atoms with Crippen LogP contribution in [0, 0.1) is 27.7 Å². The van der Waals surface area contributed by atoms with E-state index in [9.17, 15) is 9.59 Å². The Hall–Kier alpha value is -2.30. The summed E-state index contributed by atoms with van der Waals surface area (Å²) < 4.78 is 10.4. The molecule has 0 radical (unpaired) electrons. The SMILES string of the molecule is Cc1cc(OC(=O)/C=C\C(=O)Oc2cc(C)c(Cl)c(C)c2)cc(C)c1Cl. The van der Waals surface area contributed by atoms with Crippen molar-refractivity contribution in [2.75, 3.05) is 0 Å². The van der Waals surface area contributed by atoms with Crippen molar-refractivity contribution in [3.8, 4) is 11.5 Å². The molecule has 0 atom stereocenters. The highest BCUT2D eigenvalue weighted by atomic mass is 35.5. The van der Waals surface area contributed by atoms with Gasteiger partial charge in [-0.3, -0.25) is 0 Å². The number of hydrogen-bond acceptors (Lipinski definition) is 4. The highest BCUT2D eigenvalue weighted by molar-refractivity contribution is 6.32. The molecule has 0 aliphatic carbocycles. The smallest absolute Gasteiger partial charge is 0.336 e. The van der Waals surface area contributed by atoms with Gasteiger partial charge in [0.05, 0.1) is 0 Å². The van der Waals surface area contributed by atoms with Crippen molar-refractivity contribution in [1.82, 2.24) is 0 Å². The van der Waals surface area contributed by atoms with E-state index in [2.05, 4.69) is 0 Å². The van der Waals surface area contributed by atoms with Gasteiger partial charge in [-0.05, 0) is 74.2 Å². The van der Waals surface area contributed by atoms with Crippen molar-refractivity contribution in [3.05, 3.63) is 68.7 Å². The van der Waals surface area contributed by atoms with Gasteiger partial charge in [-0.1, -0.05) is 23.2 Å². The molecule has 0 spiro atoms. The third-order valence-corrected chi connectivity index (χ3v) is 4.80. The number of carbonyl (C=O) groups is 2. The zero-order chi connectivity index (χ0) is 19.4. The Morgan fingerprint density at radius 1 is 0.692 bits per heavy atom. The number of halogens is 2. The molecule has 0 fully saturated rings. The van der Waals surface area contributed by atoms with Crippen LogP contribution in [0.2, 0.25) is 10.0 Å². The summed E-state index contributed by atoms with van der Waals surface area (Å²) in [5, 5.41) is 1.25. The van der Waals surface area contributed by atoms with Gasteiger partial charge in [0.15, 0.2) is 0 Å². The van der Waals surface area contributed by atoms with Crippen LogP contribution in [0.25, 0.3) is 0 Å². The number of hydrogen-bond donors (Lipinski definition) is 0. The summed E-state index contributed by atoms with van der Waals surface area (Å²) in [4.78, 5) is 23.7. The summed E-state index contributed by atoms with van der Waals surface area (Å²) in [6, 6.07) is 6.61. The minimum atomic E-state index is -0.688. The number of carbonyl (C=O) groups excluding carboxylic acids is 2. The molecule has 0 aliphatic rings. The molecule has 2 aromatic carbocycles. The zero-order valence-electron chi connectivity index (χ0n) is 14.9. The highest BCUT2D eigenvalue weighted by Gasteiger charge is 2.09.